The van der Waals surface area contributed by atoms with Crippen molar-refractivity contribution in [2.24, 2.45) is 11.7 Å². The molecule has 2 fully saturated rings. The zero-order chi connectivity index (χ0) is 16.1. The van der Waals surface area contributed by atoms with Gasteiger partial charge in [-0.1, -0.05) is 12.1 Å². The second-order valence-electron chi connectivity index (χ2n) is 6.57. The Labute approximate surface area is 138 Å². The Balaban J connectivity index is 1.57. The number of ether oxygens (including phenoxy) is 1. The Morgan fingerprint density at radius 1 is 1.17 bits per heavy atom. The summed E-state index contributed by atoms with van der Waals surface area (Å²) in [6, 6.07) is 7.69. The molecule has 0 saturated carbocycles. The number of carbonyl (C=O) groups excluding carboxylic acids is 1. The number of carbonyl (C=O) groups is 1. The van der Waals surface area contributed by atoms with E-state index >= 15 is 0 Å². The standard InChI is InChI=1S/C18H27N3O2/c19-12-15-3-5-17(6-4-15)18(22)21-7-1-2-16(14-21)13-20-8-10-23-11-9-20/h3-6,16H,1-2,7-14,19H2/t16-/m0/s1. The first-order valence-corrected chi connectivity index (χ1v) is 8.64. The van der Waals surface area contributed by atoms with Gasteiger partial charge < -0.3 is 15.4 Å². The Morgan fingerprint density at radius 2 is 1.91 bits per heavy atom. The van der Waals surface area contributed by atoms with E-state index in [1.807, 2.05) is 29.2 Å². The van der Waals surface area contributed by atoms with E-state index in [1.165, 1.54) is 6.42 Å². The number of hydrogen-bond acceptors (Lipinski definition) is 4. The molecule has 2 N–H and O–H groups in total. The molecule has 2 aliphatic heterocycles. The predicted molar refractivity (Wildman–Crippen MR) is 90.2 cm³/mol. The molecule has 2 saturated heterocycles. The first kappa shape index (κ1) is 16.4. The molecule has 0 radical (unpaired) electrons. The number of benzene rings is 1. The highest BCUT2D eigenvalue weighted by Crippen LogP contribution is 2.20. The molecular formula is C18H27N3O2. The minimum Gasteiger partial charge on any atom is -0.379 e. The summed E-state index contributed by atoms with van der Waals surface area (Å²) in [5.41, 5.74) is 7.45. The summed E-state index contributed by atoms with van der Waals surface area (Å²) in [4.78, 5) is 17.2. The molecule has 0 unspecified atom stereocenters. The van der Waals surface area contributed by atoms with E-state index in [0.717, 1.165) is 63.5 Å². The zero-order valence-corrected chi connectivity index (χ0v) is 13.7. The molecule has 1 aromatic carbocycles. The van der Waals surface area contributed by atoms with Crippen LogP contribution in [0.2, 0.25) is 0 Å². The maximum Gasteiger partial charge on any atom is 0.253 e. The second-order valence-corrected chi connectivity index (χ2v) is 6.57. The predicted octanol–water partition coefficient (Wildman–Crippen LogP) is 1.33. The van der Waals surface area contributed by atoms with Crippen LogP contribution in [0.4, 0.5) is 0 Å². The van der Waals surface area contributed by atoms with Gasteiger partial charge in [-0.3, -0.25) is 9.69 Å². The maximum atomic E-state index is 12.7. The van der Waals surface area contributed by atoms with Gasteiger partial charge in [0, 0.05) is 44.8 Å². The Morgan fingerprint density at radius 3 is 2.61 bits per heavy atom. The lowest BCUT2D eigenvalue weighted by atomic mass is 9.96. The monoisotopic (exact) mass is 317 g/mol. The van der Waals surface area contributed by atoms with Gasteiger partial charge in [0.25, 0.3) is 5.91 Å². The molecule has 1 atom stereocenters. The number of piperidine rings is 1. The minimum absolute atomic E-state index is 0.153. The lowest BCUT2D eigenvalue weighted by molar-refractivity contribution is 0.0224. The fourth-order valence-electron chi connectivity index (χ4n) is 3.51. The highest BCUT2D eigenvalue weighted by Gasteiger charge is 2.26. The van der Waals surface area contributed by atoms with Gasteiger partial charge >= 0.3 is 0 Å². The van der Waals surface area contributed by atoms with Gasteiger partial charge in [0.05, 0.1) is 13.2 Å². The zero-order valence-electron chi connectivity index (χ0n) is 13.7. The lowest BCUT2D eigenvalue weighted by Gasteiger charge is -2.36. The number of hydrogen-bond donors (Lipinski definition) is 1. The molecule has 23 heavy (non-hydrogen) atoms. The van der Waals surface area contributed by atoms with Gasteiger partial charge in [-0.15, -0.1) is 0 Å². The van der Waals surface area contributed by atoms with Crippen molar-refractivity contribution in [3.8, 4) is 0 Å². The SMILES string of the molecule is NCc1ccc(C(=O)N2CCC[C@@H](CN3CCOCC3)C2)cc1. The van der Waals surface area contributed by atoms with Crippen molar-refractivity contribution in [2.75, 3.05) is 45.9 Å². The van der Waals surface area contributed by atoms with E-state index in [-0.39, 0.29) is 5.91 Å². The third-order valence-electron chi connectivity index (χ3n) is 4.86. The number of morpholine rings is 1. The minimum atomic E-state index is 0.153. The second kappa shape index (κ2) is 7.90. The largest absolute Gasteiger partial charge is 0.379 e. The van der Waals surface area contributed by atoms with Crippen molar-refractivity contribution in [3.63, 3.8) is 0 Å². The fraction of sp³-hybridized carbons (Fsp3) is 0.611. The quantitative estimate of drug-likeness (QED) is 0.910. The molecule has 3 rings (SSSR count). The number of amides is 1. The van der Waals surface area contributed by atoms with Crippen molar-refractivity contribution >= 4 is 5.91 Å². The molecule has 126 valence electrons. The van der Waals surface area contributed by atoms with Crippen LogP contribution in [0.25, 0.3) is 0 Å². The van der Waals surface area contributed by atoms with Gasteiger partial charge in [-0.2, -0.15) is 0 Å². The van der Waals surface area contributed by atoms with Crippen LogP contribution in [0.1, 0.15) is 28.8 Å². The van der Waals surface area contributed by atoms with Crippen molar-refractivity contribution in [1.82, 2.24) is 9.80 Å². The smallest absolute Gasteiger partial charge is 0.253 e. The summed E-state index contributed by atoms with van der Waals surface area (Å²) in [5.74, 6) is 0.731. The first-order valence-electron chi connectivity index (χ1n) is 8.64. The first-order chi connectivity index (χ1) is 11.3. The number of nitrogens with zero attached hydrogens (tertiary/aromatic N) is 2. The molecule has 0 bridgehead atoms. The molecule has 1 amide bonds. The normalized spacial score (nSPS) is 23.0. The topological polar surface area (TPSA) is 58.8 Å². The van der Waals surface area contributed by atoms with Gasteiger partial charge in [-0.05, 0) is 36.5 Å². The van der Waals surface area contributed by atoms with Crippen molar-refractivity contribution < 1.29 is 9.53 Å². The highest BCUT2D eigenvalue weighted by atomic mass is 16.5. The van der Waals surface area contributed by atoms with Gasteiger partial charge in [-0.25, -0.2) is 0 Å². The van der Waals surface area contributed by atoms with Crippen molar-refractivity contribution in [3.05, 3.63) is 35.4 Å². The summed E-state index contributed by atoms with van der Waals surface area (Å²) in [6.07, 6.45) is 2.31. The van der Waals surface area contributed by atoms with E-state index in [0.29, 0.717) is 12.5 Å². The van der Waals surface area contributed by atoms with E-state index < -0.39 is 0 Å². The molecule has 0 aliphatic carbocycles. The third-order valence-corrected chi connectivity index (χ3v) is 4.86. The van der Waals surface area contributed by atoms with E-state index in [1.54, 1.807) is 0 Å². The van der Waals surface area contributed by atoms with Crippen molar-refractivity contribution in [1.29, 1.82) is 0 Å². The summed E-state index contributed by atoms with van der Waals surface area (Å²) in [5, 5.41) is 0. The van der Waals surface area contributed by atoms with Crippen LogP contribution >= 0.6 is 0 Å². The lowest BCUT2D eigenvalue weighted by Crippen LogP contribution is -2.46. The van der Waals surface area contributed by atoms with Crippen LogP contribution in [0, 0.1) is 5.92 Å². The van der Waals surface area contributed by atoms with Crippen LogP contribution in [-0.4, -0.2) is 61.6 Å². The summed E-state index contributed by atoms with van der Waals surface area (Å²) in [6.45, 7) is 7.05. The highest BCUT2D eigenvalue weighted by molar-refractivity contribution is 5.94. The molecule has 0 aromatic heterocycles. The summed E-state index contributed by atoms with van der Waals surface area (Å²) in [7, 11) is 0. The van der Waals surface area contributed by atoms with Crippen LogP contribution in [0.3, 0.4) is 0 Å². The molecule has 1 aromatic rings. The van der Waals surface area contributed by atoms with Gasteiger partial charge in [0.1, 0.15) is 0 Å². The van der Waals surface area contributed by atoms with Crippen LogP contribution in [0.15, 0.2) is 24.3 Å². The molecule has 2 heterocycles. The fourth-order valence-corrected chi connectivity index (χ4v) is 3.51. The maximum absolute atomic E-state index is 12.7. The number of likely N-dealkylation sites (tertiary alicyclic amines) is 1. The molecule has 0 spiro atoms. The Bertz CT molecular complexity index is 512. The Kier molecular flexibility index (Phi) is 5.65. The average molecular weight is 317 g/mol. The van der Waals surface area contributed by atoms with Crippen LogP contribution in [-0.2, 0) is 11.3 Å². The van der Waals surface area contributed by atoms with Crippen LogP contribution < -0.4 is 5.73 Å². The van der Waals surface area contributed by atoms with E-state index in [2.05, 4.69) is 4.90 Å². The molecule has 5 heteroatoms. The van der Waals surface area contributed by atoms with Crippen LogP contribution in [0.5, 0.6) is 0 Å². The van der Waals surface area contributed by atoms with E-state index in [9.17, 15) is 4.79 Å². The summed E-state index contributed by atoms with van der Waals surface area (Å²) < 4.78 is 5.41. The molecule has 5 nitrogen and oxygen atoms in total. The van der Waals surface area contributed by atoms with Gasteiger partial charge in [0.2, 0.25) is 0 Å². The molecular weight excluding hydrogens is 290 g/mol. The van der Waals surface area contributed by atoms with Crippen molar-refractivity contribution in [2.45, 2.75) is 19.4 Å². The number of rotatable bonds is 4. The Hall–Kier alpha value is -1.43. The van der Waals surface area contributed by atoms with Gasteiger partial charge in [0.15, 0.2) is 0 Å². The average Bonchev–Trinajstić information content (AvgIpc) is 2.62. The number of nitrogens with two attached hydrogens (primary N) is 1. The summed E-state index contributed by atoms with van der Waals surface area (Å²) >= 11 is 0. The van der Waals surface area contributed by atoms with E-state index in [4.69, 9.17) is 10.5 Å². The third kappa shape index (κ3) is 4.31. The molecule has 2 aliphatic rings.